The summed E-state index contributed by atoms with van der Waals surface area (Å²) in [6, 6.07) is 11.7. The van der Waals surface area contributed by atoms with E-state index < -0.39 is 0 Å². The number of nitrogens with one attached hydrogen (secondary N) is 2. The lowest BCUT2D eigenvalue weighted by Crippen LogP contribution is -2.17. The van der Waals surface area contributed by atoms with E-state index in [1.54, 1.807) is 18.6 Å². The van der Waals surface area contributed by atoms with E-state index in [1.807, 2.05) is 43.3 Å². The number of hydrogen-bond acceptors (Lipinski definition) is 6. The van der Waals surface area contributed by atoms with E-state index in [4.69, 9.17) is 14.6 Å². The van der Waals surface area contributed by atoms with Crippen molar-refractivity contribution in [1.82, 2.24) is 19.9 Å². The maximum atomic E-state index is 12.4. The van der Waals surface area contributed by atoms with Crippen molar-refractivity contribution in [3.63, 3.8) is 0 Å². The first-order chi connectivity index (χ1) is 14.6. The Hall–Kier alpha value is -3.36. The molecule has 0 bridgehead atoms. The van der Waals surface area contributed by atoms with Crippen molar-refractivity contribution < 1.29 is 14.6 Å². The zero-order valence-electron chi connectivity index (χ0n) is 17.2. The molecule has 156 valence electrons. The minimum Gasteiger partial charge on any atom is -0.496 e. The van der Waals surface area contributed by atoms with E-state index in [-0.39, 0.29) is 12.3 Å². The Balaban J connectivity index is 1.93. The molecule has 2 aromatic carbocycles. The molecular weight excluding hydrogens is 384 g/mol. The molecule has 0 saturated heterocycles. The van der Waals surface area contributed by atoms with Crippen LogP contribution in [0.4, 0.5) is 0 Å². The summed E-state index contributed by atoms with van der Waals surface area (Å²) < 4.78 is 12.7. The smallest absolute Gasteiger partial charge is 0.348 e. The maximum absolute atomic E-state index is 12.4. The summed E-state index contributed by atoms with van der Waals surface area (Å²) >= 11 is 0. The van der Waals surface area contributed by atoms with E-state index in [2.05, 4.69) is 15.5 Å². The molecule has 0 atom stereocenters. The van der Waals surface area contributed by atoms with E-state index in [9.17, 15) is 4.79 Å². The van der Waals surface area contributed by atoms with Crippen molar-refractivity contribution in [2.24, 2.45) is 0 Å². The normalized spacial score (nSPS) is 11.3. The molecule has 0 saturated carbocycles. The number of nitrogens with zero attached hydrogens (tertiary/aromatic N) is 2. The first-order valence-electron chi connectivity index (χ1n) is 9.64. The summed E-state index contributed by atoms with van der Waals surface area (Å²) in [5, 5.41) is 19.8. The van der Waals surface area contributed by atoms with Gasteiger partial charge in [0.15, 0.2) is 5.65 Å². The maximum Gasteiger partial charge on any atom is 0.348 e. The minimum absolute atomic E-state index is 0.0648. The number of hydrogen-bond donors (Lipinski definition) is 3. The molecule has 30 heavy (non-hydrogen) atoms. The Morgan fingerprint density at radius 2 is 1.93 bits per heavy atom. The molecule has 0 aliphatic heterocycles. The van der Waals surface area contributed by atoms with Crippen molar-refractivity contribution in [1.29, 1.82) is 0 Å². The zero-order valence-corrected chi connectivity index (χ0v) is 17.2. The number of ether oxygens (including phenoxy) is 2. The number of H-pyrrole nitrogens is 1. The van der Waals surface area contributed by atoms with Gasteiger partial charge in [-0.2, -0.15) is 5.10 Å². The van der Waals surface area contributed by atoms with Crippen LogP contribution in [0.1, 0.15) is 11.1 Å². The van der Waals surface area contributed by atoms with Crippen LogP contribution >= 0.6 is 0 Å². The Kier molecular flexibility index (Phi) is 5.43. The fraction of sp³-hybridized carbons (Fsp3) is 0.273. The molecule has 4 aromatic rings. The average Bonchev–Trinajstić information content (AvgIpc) is 3.13. The highest BCUT2D eigenvalue weighted by Crippen LogP contribution is 2.37. The molecule has 0 spiro atoms. The van der Waals surface area contributed by atoms with Crippen LogP contribution < -0.4 is 20.5 Å². The third kappa shape index (κ3) is 3.40. The molecular formula is C22H24N4O4. The first-order valence-corrected chi connectivity index (χ1v) is 9.64. The second kappa shape index (κ2) is 8.17. The van der Waals surface area contributed by atoms with Gasteiger partial charge in [0.05, 0.1) is 26.3 Å². The van der Waals surface area contributed by atoms with Gasteiger partial charge in [-0.05, 0) is 48.4 Å². The summed E-state index contributed by atoms with van der Waals surface area (Å²) in [7, 11) is 3.27. The number of aliphatic hydroxyl groups is 1. The van der Waals surface area contributed by atoms with Gasteiger partial charge in [0.25, 0.3) is 0 Å². The SMILES string of the molecule is COc1ccc(-c2cc3c(cc2OC)c(C)cc2n[nH]c(=O)n23)cc1CNCCO. The Labute approximate surface area is 173 Å². The van der Waals surface area contributed by atoms with Gasteiger partial charge in [0.1, 0.15) is 11.5 Å². The van der Waals surface area contributed by atoms with Crippen molar-refractivity contribution in [2.45, 2.75) is 13.5 Å². The monoisotopic (exact) mass is 408 g/mol. The molecule has 2 heterocycles. The second-order valence-electron chi connectivity index (χ2n) is 7.05. The highest BCUT2D eigenvalue weighted by Gasteiger charge is 2.15. The van der Waals surface area contributed by atoms with E-state index in [0.29, 0.717) is 24.5 Å². The quantitative estimate of drug-likeness (QED) is 0.406. The largest absolute Gasteiger partial charge is 0.496 e. The van der Waals surface area contributed by atoms with Crippen LogP contribution in [0.2, 0.25) is 0 Å². The number of methoxy groups -OCH3 is 2. The molecule has 8 nitrogen and oxygen atoms in total. The standard InChI is InChI=1S/C22H24N4O4/c1-13-8-21-24-25-22(28)26(21)18-10-17(20(30-3)11-16(13)18)14-4-5-19(29-2)15(9-14)12-23-6-7-27/h4-5,8-11,23,27H,6-7,12H2,1-3H3,(H,25,28). The number of aryl methyl sites for hydroxylation is 1. The van der Waals surface area contributed by atoms with Gasteiger partial charge in [-0.3, -0.25) is 0 Å². The van der Waals surface area contributed by atoms with Gasteiger partial charge in [0.2, 0.25) is 0 Å². The lowest BCUT2D eigenvalue weighted by atomic mass is 9.98. The van der Waals surface area contributed by atoms with Gasteiger partial charge in [-0.25, -0.2) is 14.3 Å². The van der Waals surface area contributed by atoms with Crippen molar-refractivity contribution in [3.05, 3.63) is 58.0 Å². The highest BCUT2D eigenvalue weighted by molar-refractivity contribution is 5.92. The van der Waals surface area contributed by atoms with Crippen LogP contribution in [0.15, 0.2) is 41.2 Å². The lowest BCUT2D eigenvalue weighted by molar-refractivity contribution is 0.291. The number of pyridine rings is 1. The summed E-state index contributed by atoms with van der Waals surface area (Å²) in [4.78, 5) is 12.4. The first kappa shape index (κ1) is 19.9. The predicted molar refractivity (Wildman–Crippen MR) is 115 cm³/mol. The molecule has 4 rings (SSSR count). The van der Waals surface area contributed by atoms with Crippen molar-refractivity contribution >= 4 is 16.6 Å². The molecule has 0 fully saturated rings. The Bertz CT molecular complexity index is 1280. The molecule has 0 aliphatic carbocycles. The van der Waals surface area contributed by atoms with E-state index >= 15 is 0 Å². The van der Waals surface area contributed by atoms with E-state index in [0.717, 1.165) is 38.9 Å². The lowest BCUT2D eigenvalue weighted by Gasteiger charge is -2.15. The molecule has 0 aliphatic rings. The number of aromatic amines is 1. The predicted octanol–water partition coefficient (Wildman–Crippen LogP) is 2.25. The van der Waals surface area contributed by atoms with Crippen LogP contribution in [-0.4, -0.2) is 47.1 Å². The Morgan fingerprint density at radius 3 is 2.67 bits per heavy atom. The van der Waals surface area contributed by atoms with E-state index in [1.165, 1.54) is 0 Å². The number of aromatic nitrogens is 3. The van der Waals surface area contributed by atoms with Crippen LogP contribution in [-0.2, 0) is 6.54 Å². The van der Waals surface area contributed by atoms with Crippen LogP contribution in [0.5, 0.6) is 11.5 Å². The average molecular weight is 408 g/mol. The van der Waals surface area contributed by atoms with Crippen LogP contribution in [0.3, 0.4) is 0 Å². The third-order valence-corrected chi connectivity index (χ3v) is 5.22. The minimum atomic E-state index is -0.283. The Morgan fingerprint density at radius 1 is 1.13 bits per heavy atom. The van der Waals surface area contributed by atoms with Crippen molar-refractivity contribution in [2.75, 3.05) is 27.4 Å². The summed E-state index contributed by atoms with van der Waals surface area (Å²) in [5.74, 6) is 1.47. The number of benzene rings is 2. The topological polar surface area (TPSA) is 101 Å². The fourth-order valence-corrected chi connectivity index (χ4v) is 3.76. The highest BCUT2D eigenvalue weighted by atomic mass is 16.5. The zero-order chi connectivity index (χ0) is 21.3. The summed E-state index contributed by atoms with van der Waals surface area (Å²) in [5.41, 5.74) is 4.80. The molecule has 3 N–H and O–H groups in total. The van der Waals surface area contributed by atoms with Gasteiger partial charge >= 0.3 is 5.69 Å². The van der Waals surface area contributed by atoms with Gasteiger partial charge in [-0.1, -0.05) is 6.07 Å². The van der Waals surface area contributed by atoms with Gasteiger partial charge in [-0.15, -0.1) is 0 Å². The van der Waals surface area contributed by atoms with Gasteiger partial charge < -0.3 is 19.9 Å². The molecule has 8 heteroatoms. The van der Waals surface area contributed by atoms with Crippen molar-refractivity contribution in [3.8, 4) is 22.6 Å². The van der Waals surface area contributed by atoms with Gasteiger partial charge in [0, 0.05) is 29.6 Å². The number of aliphatic hydroxyl groups excluding tert-OH is 1. The third-order valence-electron chi connectivity index (χ3n) is 5.22. The molecule has 0 unspecified atom stereocenters. The number of fused-ring (bicyclic) bond motifs is 3. The number of rotatable bonds is 7. The molecule has 2 aromatic heterocycles. The fourth-order valence-electron chi connectivity index (χ4n) is 3.76. The second-order valence-corrected chi connectivity index (χ2v) is 7.05. The van der Waals surface area contributed by atoms with Crippen LogP contribution in [0, 0.1) is 6.92 Å². The molecule has 0 radical (unpaired) electrons. The summed E-state index contributed by atoms with van der Waals surface area (Å²) in [6.07, 6.45) is 0. The van der Waals surface area contributed by atoms with Crippen LogP contribution in [0.25, 0.3) is 27.7 Å². The molecule has 0 amide bonds. The summed E-state index contributed by atoms with van der Waals surface area (Å²) in [6.45, 7) is 3.10.